The Morgan fingerprint density at radius 3 is 2.68 bits per heavy atom. The summed E-state index contributed by atoms with van der Waals surface area (Å²) in [4.78, 5) is 12.0. The summed E-state index contributed by atoms with van der Waals surface area (Å²) < 4.78 is 13.5. The van der Waals surface area contributed by atoms with Crippen LogP contribution in [0.25, 0.3) is 0 Å². The van der Waals surface area contributed by atoms with Gasteiger partial charge in [-0.2, -0.15) is 0 Å². The predicted octanol–water partition coefficient (Wildman–Crippen LogP) is 5.15. The zero-order chi connectivity index (χ0) is 14.0. The first-order valence-corrected chi connectivity index (χ1v) is 6.74. The van der Waals surface area contributed by atoms with Crippen LogP contribution in [0.2, 0.25) is 10.0 Å². The maximum absolute atomic E-state index is 13.3. The topological polar surface area (TPSA) is 29.1 Å². The van der Waals surface area contributed by atoms with Crippen LogP contribution >= 0.6 is 39.1 Å². The number of benzene rings is 2. The van der Waals surface area contributed by atoms with E-state index >= 15 is 0 Å². The molecule has 0 saturated carbocycles. The summed E-state index contributed by atoms with van der Waals surface area (Å²) >= 11 is 14.8. The molecule has 19 heavy (non-hydrogen) atoms. The summed E-state index contributed by atoms with van der Waals surface area (Å²) in [5.74, 6) is -0.986. The van der Waals surface area contributed by atoms with Gasteiger partial charge in [-0.3, -0.25) is 4.79 Å². The highest BCUT2D eigenvalue weighted by Gasteiger charge is 2.14. The second kappa shape index (κ2) is 5.90. The van der Waals surface area contributed by atoms with E-state index in [0.717, 1.165) is 0 Å². The van der Waals surface area contributed by atoms with E-state index < -0.39 is 11.7 Å². The second-order valence-corrected chi connectivity index (χ2v) is 5.32. The van der Waals surface area contributed by atoms with Crippen molar-refractivity contribution in [3.8, 4) is 0 Å². The Morgan fingerprint density at radius 1 is 1.21 bits per heavy atom. The van der Waals surface area contributed by atoms with Gasteiger partial charge in [0.15, 0.2) is 0 Å². The molecule has 2 aromatic carbocycles. The fraction of sp³-hybridized carbons (Fsp3) is 0. The summed E-state index contributed by atoms with van der Waals surface area (Å²) in [6.07, 6.45) is 0. The van der Waals surface area contributed by atoms with E-state index in [2.05, 4.69) is 21.2 Å². The molecule has 0 radical (unpaired) electrons. The molecular formula is C13H7BrCl2FNO. The summed E-state index contributed by atoms with van der Waals surface area (Å²) in [6, 6.07) is 8.91. The minimum atomic E-state index is -0.509. The van der Waals surface area contributed by atoms with E-state index in [1.165, 1.54) is 24.3 Å². The summed E-state index contributed by atoms with van der Waals surface area (Å²) in [5.41, 5.74) is 0.548. The average Bonchev–Trinajstić information content (AvgIpc) is 2.37. The van der Waals surface area contributed by atoms with Gasteiger partial charge in [-0.1, -0.05) is 29.3 Å². The molecule has 0 unspecified atom stereocenters. The smallest absolute Gasteiger partial charge is 0.256 e. The molecule has 0 aliphatic carbocycles. The van der Waals surface area contributed by atoms with E-state index in [-0.39, 0.29) is 10.0 Å². The molecule has 0 bridgehead atoms. The van der Waals surface area contributed by atoms with Crippen LogP contribution in [-0.4, -0.2) is 5.91 Å². The second-order valence-electron chi connectivity index (χ2n) is 3.68. The van der Waals surface area contributed by atoms with Gasteiger partial charge >= 0.3 is 0 Å². The van der Waals surface area contributed by atoms with Crippen LogP contribution in [0.15, 0.2) is 40.9 Å². The van der Waals surface area contributed by atoms with E-state index in [0.29, 0.717) is 15.7 Å². The maximum atomic E-state index is 13.3. The Balaban J connectivity index is 2.31. The van der Waals surface area contributed by atoms with Crippen molar-refractivity contribution in [2.75, 3.05) is 5.32 Å². The Kier molecular flexibility index (Phi) is 4.45. The van der Waals surface area contributed by atoms with Gasteiger partial charge in [-0.15, -0.1) is 0 Å². The molecule has 2 aromatic rings. The number of carbonyl (C=O) groups excluding carboxylic acids is 1. The lowest BCUT2D eigenvalue weighted by molar-refractivity contribution is 0.102. The van der Waals surface area contributed by atoms with Crippen LogP contribution in [0.5, 0.6) is 0 Å². The van der Waals surface area contributed by atoms with Crippen LogP contribution in [0.3, 0.4) is 0 Å². The van der Waals surface area contributed by atoms with Gasteiger partial charge in [0.25, 0.3) is 5.91 Å². The Bertz CT molecular complexity index is 649. The molecule has 2 rings (SSSR count). The van der Waals surface area contributed by atoms with Crippen LogP contribution in [0.4, 0.5) is 10.1 Å². The van der Waals surface area contributed by atoms with Gasteiger partial charge in [-0.25, -0.2) is 4.39 Å². The third kappa shape index (κ3) is 3.26. The molecular weight excluding hydrogens is 356 g/mol. The number of carbonyl (C=O) groups is 1. The van der Waals surface area contributed by atoms with Crippen LogP contribution in [0.1, 0.15) is 10.4 Å². The quantitative estimate of drug-likeness (QED) is 0.786. The first-order valence-electron chi connectivity index (χ1n) is 5.19. The number of rotatable bonds is 2. The predicted molar refractivity (Wildman–Crippen MR) is 78.5 cm³/mol. The Morgan fingerprint density at radius 2 is 1.95 bits per heavy atom. The third-order valence-electron chi connectivity index (χ3n) is 2.37. The average molecular weight is 363 g/mol. The molecule has 0 aromatic heterocycles. The summed E-state index contributed by atoms with van der Waals surface area (Å²) in [7, 11) is 0. The van der Waals surface area contributed by atoms with Crippen LogP contribution < -0.4 is 5.32 Å². The first kappa shape index (κ1) is 14.3. The van der Waals surface area contributed by atoms with Crippen molar-refractivity contribution in [2.24, 2.45) is 0 Å². The van der Waals surface area contributed by atoms with Crippen molar-refractivity contribution in [3.05, 3.63) is 62.3 Å². The highest BCUT2D eigenvalue weighted by Crippen LogP contribution is 2.27. The zero-order valence-electron chi connectivity index (χ0n) is 9.38. The van der Waals surface area contributed by atoms with Gasteiger partial charge < -0.3 is 5.32 Å². The lowest BCUT2D eigenvalue weighted by atomic mass is 10.2. The van der Waals surface area contributed by atoms with E-state index in [4.69, 9.17) is 23.2 Å². The molecule has 2 nitrogen and oxygen atoms in total. The Labute approximate surface area is 127 Å². The van der Waals surface area contributed by atoms with Crippen LogP contribution in [-0.2, 0) is 0 Å². The van der Waals surface area contributed by atoms with Crippen molar-refractivity contribution >= 4 is 50.7 Å². The fourth-order valence-corrected chi connectivity index (χ4v) is 2.24. The molecule has 1 amide bonds. The van der Waals surface area contributed by atoms with Crippen molar-refractivity contribution < 1.29 is 9.18 Å². The van der Waals surface area contributed by atoms with Gasteiger partial charge in [0.2, 0.25) is 0 Å². The highest BCUT2D eigenvalue weighted by molar-refractivity contribution is 9.10. The van der Waals surface area contributed by atoms with Crippen molar-refractivity contribution in [2.45, 2.75) is 0 Å². The zero-order valence-corrected chi connectivity index (χ0v) is 12.5. The minimum Gasteiger partial charge on any atom is -0.321 e. The maximum Gasteiger partial charge on any atom is 0.256 e. The van der Waals surface area contributed by atoms with E-state index in [1.54, 1.807) is 12.1 Å². The van der Waals surface area contributed by atoms with Gasteiger partial charge in [0, 0.05) is 5.02 Å². The van der Waals surface area contributed by atoms with E-state index in [9.17, 15) is 9.18 Å². The highest BCUT2D eigenvalue weighted by atomic mass is 79.9. The number of hydrogen-bond donors (Lipinski definition) is 1. The van der Waals surface area contributed by atoms with Crippen LogP contribution in [0, 0.1) is 5.82 Å². The number of halogens is 4. The lowest BCUT2D eigenvalue weighted by Gasteiger charge is -2.09. The molecule has 0 heterocycles. The fourth-order valence-electron chi connectivity index (χ4n) is 1.46. The molecule has 0 aliphatic rings. The molecule has 0 saturated heterocycles. The summed E-state index contributed by atoms with van der Waals surface area (Å²) in [5, 5.41) is 3.38. The molecule has 0 spiro atoms. The van der Waals surface area contributed by atoms with Crippen molar-refractivity contribution in [3.63, 3.8) is 0 Å². The number of anilines is 1. The standard InChI is InChI=1S/C13H7BrCl2FNO/c14-12-8(2-1-3-10(12)17)13(19)18-11-6-7(15)4-5-9(11)16/h1-6H,(H,18,19). The molecule has 0 atom stereocenters. The number of hydrogen-bond acceptors (Lipinski definition) is 1. The van der Waals surface area contributed by atoms with Gasteiger partial charge in [-0.05, 0) is 46.3 Å². The molecule has 6 heteroatoms. The van der Waals surface area contributed by atoms with Crippen molar-refractivity contribution in [1.29, 1.82) is 0 Å². The largest absolute Gasteiger partial charge is 0.321 e. The SMILES string of the molecule is O=C(Nc1cc(Cl)ccc1Cl)c1cccc(F)c1Br. The summed E-state index contributed by atoms with van der Waals surface area (Å²) in [6.45, 7) is 0. The molecule has 1 N–H and O–H groups in total. The first-order chi connectivity index (χ1) is 8.99. The molecule has 0 fully saturated rings. The van der Waals surface area contributed by atoms with Gasteiger partial charge in [0.1, 0.15) is 5.82 Å². The molecule has 0 aliphatic heterocycles. The third-order valence-corrected chi connectivity index (χ3v) is 3.74. The normalized spacial score (nSPS) is 10.3. The van der Waals surface area contributed by atoms with Gasteiger partial charge in [0.05, 0.1) is 20.7 Å². The lowest BCUT2D eigenvalue weighted by Crippen LogP contribution is -2.13. The monoisotopic (exact) mass is 361 g/mol. The minimum absolute atomic E-state index is 0.102. The molecule has 98 valence electrons. The Hall–Kier alpha value is -1.10. The number of amides is 1. The number of nitrogens with one attached hydrogen (secondary N) is 1. The van der Waals surface area contributed by atoms with Crippen molar-refractivity contribution in [1.82, 2.24) is 0 Å². The van der Waals surface area contributed by atoms with E-state index in [1.807, 2.05) is 0 Å².